The Morgan fingerprint density at radius 1 is 0.914 bits per heavy atom. The van der Waals surface area contributed by atoms with Crippen molar-refractivity contribution in [2.45, 2.75) is 26.3 Å². The summed E-state index contributed by atoms with van der Waals surface area (Å²) in [4.78, 5) is 26.6. The second kappa shape index (κ2) is 9.89. The van der Waals surface area contributed by atoms with Crippen LogP contribution >= 0.6 is 0 Å². The Morgan fingerprint density at radius 2 is 1.69 bits per heavy atom. The molecule has 35 heavy (non-hydrogen) atoms. The van der Waals surface area contributed by atoms with E-state index < -0.39 is 0 Å². The first-order valence-corrected chi connectivity index (χ1v) is 11.7. The number of nitrogens with one attached hydrogen (secondary N) is 1. The van der Waals surface area contributed by atoms with Crippen LogP contribution < -0.4 is 5.32 Å². The van der Waals surface area contributed by atoms with Crippen LogP contribution in [-0.4, -0.2) is 25.3 Å². The standard InChI is InChI=1S/C29H27N5O/c1-20-6-3-7-21(14-20)16-25(35)17-22-8-4-10-24(15-22)28-32-26-11-13-34(2)27(26)29(33-28)31-19-23-9-5-12-30-18-23/h3-15,18H,16-17,19H2,1-2H3,(H,31,32,33). The summed E-state index contributed by atoms with van der Waals surface area (Å²) in [6.45, 7) is 2.65. The molecule has 6 heteroatoms. The van der Waals surface area contributed by atoms with Gasteiger partial charge < -0.3 is 9.88 Å². The molecule has 0 unspecified atom stereocenters. The first-order valence-electron chi connectivity index (χ1n) is 11.7. The minimum absolute atomic E-state index is 0.186. The van der Waals surface area contributed by atoms with Crippen molar-refractivity contribution in [2.24, 2.45) is 7.05 Å². The molecule has 1 N–H and O–H groups in total. The van der Waals surface area contributed by atoms with Crippen molar-refractivity contribution in [2.75, 3.05) is 5.32 Å². The van der Waals surface area contributed by atoms with Gasteiger partial charge in [0, 0.05) is 50.6 Å². The van der Waals surface area contributed by atoms with Crippen LogP contribution in [0.5, 0.6) is 0 Å². The van der Waals surface area contributed by atoms with E-state index >= 15 is 0 Å². The van der Waals surface area contributed by atoms with Gasteiger partial charge in [-0.1, -0.05) is 54.1 Å². The smallest absolute Gasteiger partial charge is 0.162 e. The maximum absolute atomic E-state index is 12.7. The number of rotatable bonds is 8. The van der Waals surface area contributed by atoms with E-state index in [1.807, 2.05) is 91.6 Å². The van der Waals surface area contributed by atoms with E-state index in [2.05, 4.69) is 16.4 Å². The number of hydrogen-bond acceptors (Lipinski definition) is 5. The van der Waals surface area contributed by atoms with Gasteiger partial charge in [0.05, 0.1) is 5.52 Å². The fourth-order valence-electron chi connectivity index (χ4n) is 4.29. The summed E-state index contributed by atoms with van der Waals surface area (Å²) in [7, 11) is 1.99. The number of fused-ring (bicyclic) bond motifs is 1. The lowest BCUT2D eigenvalue weighted by Gasteiger charge is -2.11. The number of aryl methyl sites for hydroxylation is 2. The third-order valence-electron chi connectivity index (χ3n) is 5.97. The number of ketones is 1. The number of nitrogens with zero attached hydrogens (tertiary/aromatic N) is 4. The molecule has 0 aliphatic heterocycles. The van der Waals surface area contributed by atoms with Crippen LogP contribution in [0.1, 0.15) is 22.3 Å². The molecule has 0 saturated heterocycles. The minimum Gasteiger partial charge on any atom is -0.364 e. The normalized spacial score (nSPS) is 11.0. The topological polar surface area (TPSA) is 72.7 Å². The summed E-state index contributed by atoms with van der Waals surface area (Å²) in [5, 5.41) is 3.45. The molecule has 6 nitrogen and oxygen atoms in total. The summed E-state index contributed by atoms with van der Waals surface area (Å²) >= 11 is 0. The molecule has 5 rings (SSSR count). The fraction of sp³-hybridized carbons (Fsp3) is 0.172. The second-order valence-electron chi connectivity index (χ2n) is 8.85. The molecule has 0 bridgehead atoms. The fourth-order valence-corrected chi connectivity index (χ4v) is 4.29. The summed E-state index contributed by atoms with van der Waals surface area (Å²) in [5.41, 5.74) is 6.95. The Balaban J connectivity index is 1.40. The monoisotopic (exact) mass is 461 g/mol. The van der Waals surface area contributed by atoms with Gasteiger partial charge in [0.1, 0.15) is 11.3 Å². The van der Waals surface area contributed by atoms with Gasteiger partial charge in [0.25, 0.3) is 0 Å². The third kappa shape index (κ3) is 5.27. The maximum Gasteiger partial charge on any atom is 0.162 e. The van der Waals surface area contributed by atoms with Gasteiger partial charge in [-0.25, -0.2) is 9.97 Å². The lowest BCUT2D eigenvalue weighted by Crippen LogP contribution is -2.07. The van der Waals surface area contributed by atoms with E-state index in [0.29, 0.717) is 25.2 Å². The van der Waals surface area contributed by atoms with E-state index in [4.69, 9.17) is 9.97 Å². The van der Waals surface area contributed by atoms with E-state index in [9.17, 15) is 4.79 Å². The predicted molar refractivity (Wildman–Crippen MR) is 139 cm³/mol. The van der Waals surface area contributed by atoms with Crippen LogP contribution in [0.25, 0.3) is 22.4 Å². The molecule has 0 saturated carbocycles. The number of carbonyl (C=O) groups is 1. The molecule has 0 spiro atoms. The Labute approximate surface area is 204 Å². The number of pyridine rings is 1. The quantitative estimate of drug-likeness (QED) is 0.339. The molecule has 0 aliphatic carbocycles. The summed E-state index contributed by atoms with van der Waals surface area (Å²) in [5.74, 6) is 1.58. The van der Waals surface area contributed by atoms with Crippen LogP contribution in [0.3, 0.4) is 0 Å². The van der Waals surface area contributed by atoms with Gasteiger partial charge in [0.15, 0.2) is 11.6 Å². The highest BCUT2D eigenvalue weighted by Gasteiger charge is 2.14. The van der Waals surface area contributed by atoms with Crippen molar-refractivity contribution in [1.29, 1.82) is 0 Å². The first-order chi connectivity index (χ1) is 17.0. The SMILES string of the molecule is Cc1cccc(CC(=O)Cc2cccc(-c3nc(NCc4cccnc4)c4c(ccn4C)n3)c2)c1. The molecule has 0 atom stereocenters. The molecule has 2 aromatic carbocycles. The predicted octanol–water partition coefficient (Wildman–Crippen LogP) is 5.31. The Kier molecular flexibility index (Phi) is 6.35. The number of Topliss-reactive ketones (excluding diaryl/α,β-unsaturated/α-hetero) is 1. The van der Waals surface area contributed by atoms with Crippen LogP contribution in [0.4, 0.5) is 5.82 Å². The van der Waals surface area contributed by atoms with Crippen LogP contribution in [0.15, 0.2) is 85.3 Å². The van der Waals surface area contributed by atoms with Crippen molar-refractivity contribution in [3.8, 4) is 11.4 Å². The van der Waals surface area contributed by atoms with Crippen molar-refractivity contribution in [3.05, 3.63) is 108 Å². The van der Waals surface area contributed by atoms with Crippen molar-refractivity contribution in [1.82, 2.24) is 19.5 Å². The van der Waals surface area contributed by atoms with E-state index in [1.54, 1.807) is 6.20 Å². The zero-order valence-electron chi connectivity index (χ0n) is 19.9. The van der Waals surface area contributed by atoms with Crippen molar-refractivity contribution in [3.63, 3.8) is 0 Å². The van der Waals surface area contributed by atoms with Gasteiger partial charge in [0.2, 0.25) is 0 Å². The first kappa shape index (κ1) is 22.5. The average molecular weight is 462 g/mol. The van der Waals surface area contributed by atoms with Gasteiger partial charge in [-0.3, -0.25) is 9.78 Å². The highest BCUT2D eigenvalue weighted by Crippen LogP contribution is 2.26. The zero-order chi connectivity index (χ0) is 24.2. The number of carbonyl (C=O) groups excluding carboxylic acids is 1. The Morgan fingerprint density at radius 3 is 2.46 bits per heavy atom. The van der Waals surface area contributed by atoms with E-state index in [1.165, 1.54) is 5.56 Å². The average Bonchev–Trinajstić information content (AvgIpc) is 3.24. The van der Waals surface area contributed by atoms with Gasteiger partial charge in [-0.05, 0) is 41.8 Å². The lowest BCUT2D eigenvalue weighted by atomic mass is 10.0. The molecule has 0 radical (unpaired) electrons. The van der Waals surface area contributed by atoms with Gasteiger partial charge in [-0.15, -0.1) is 0 Å². The van der Waals surface area contributed by atoms with E-state index in [-0.39, 0.29) is 5.78 Å². The highest BCUT2D eigenvalue weighted by atomic mass is 16.1. The summed E-state index contributed by atoms with van der Waals surface area (Å²) < 4.78 is 2.02. The molecule has 3 aromatic heterocycles. The van der Waals surface area contributed by atoms with Crippen molar-refractivity contribution < 1.29 is 4.79 Å². The highest BCUT2D eigenvalue weighted by molar-refractivity contribution is 5.88. The van der Waals surface area contributed by atoms with E-state index in [0.717, 1.165) is 39.1 Å². The molecular formula is C29H27N5O. The van der Waals surface area contributed by atoms with Crippen LogP contribution in [0, 0.1) is 6.92 Å². The summed E-state index contributed by atoms with van der Waals surface area (Å²) in [6, 6.07) is 22.0. The molecule has 0 amide bonds. The molecule has 0 aliphatic rings. The number of benzene rings is 2. The molecule has 0 fully saturated rings. The number of aromatic nitrogens is 4. The van der Waals surface area contributed by atoms with Crippen LogP contribution in [-0.2, 0) is 31.2 Å². The van der Waals surface area contributed by atoms with Gasteiger partial charge >= 0.3 is 0 Å². The third-order valence-corrected chi connectivity index (χ3v) is 5.97. The maximum atomic E-state index is 12.7. The van der Waals surface area contributed by atoms with Crippen molar-refractivity contribution >= 4 is 22.6 Å². The molecule has 3 heterocycles. The number of hydrogen-bond donors (Lipinski definition) is 1. The Hall–Kier alpha value is -4.32. The minimum atomic E-state index is 0.186. The lowest BCUT2D eigenvalue weighted by molar-refractivity contribution is -0.117. The van der Waals surface area contributed by atoms with Gasteiger partial charge in [-0.2, -0.15) is 0 Å². The molecule has 5 aromatic rings. The second-order valence-corrected chi connectivity index (χ2v) is 8.85. The molecule has 174 valence electrons. The number of anilines is 1. The van der Waals surface area contributed by atoms with Crippen LogP contribution in [0.2, 0.25) is 0 Å². The summed E-state index contributed by atoms with van der Waals surface area (Å²) in [6.07, 6.45) is 6.40. The zero-order valence-corrected chi connectivity index (χ0v) is 19.9. The largest absolute Gasteiger partial charge is 0.364 e. The molecular weight excluding hydrogens is 434 g/mol. The Bertz CT molecular complexity index is 1490.